The molecule has 2 N–H and O–H groups in total. The average molecular weight is 175 g/mol. The van der Waals surface area contributed by atoms with E-state index in [1.165, 1.54) is 0 Å². The topological polar surface area (TPSA) is 56.2 Å². The van der Waals surface area contributed by atoms with E-state index in [9.17, 15) is 4.79 Å². The zero-order chi connectivity index (χ0) is 9.42. The van der Waals surface area contributed by atoms with Crippen molar-refractivity contribution in [2.45, 2.75) is 6.92 Å². The maximum absolute atomic E-state index is 11.0. The predicted octanol–water partition coefficient (Wildman–Crippen LogP) is 1.84. The van der Waals surface area contributed by atoms with Crippen LogP contribution in [-0.2, 0) is 0 Å². The molecule has 2 aromatic rings. The maximum Gasteiger partial charge on any atom is 0.249 e. The standard InChI is InChI=1S/C10H9NO2/c1-6-5-8-7(10(11)12)3-2-4-9(8)13-6/h2-5H,1H3,(H2,11,12). The second-order valence-electron chi connectivity index (χ2n) is 2.94. The summed E-state index contributed by atoms with van der Waals surface area (Å²) in [6.07, 6.45) is 0. The lowest BCUT2D eigenvalue weighted by molar-refractivity contribution is 0.100. The number of hydrogen-bond acceptors (Lipinski definition) is 2. The third-order valence-electron chi connectivity index (χ3n) is 1.95. The molecule has 0 atom stereocenters. The molecule has 0 unspecified atom stereocenters. The first-order valence-corrected chi connectivity index (χ1v) is 3.97. The summed E-state index contributed by atoms with van der Waals surface area (Å²) in [4.78, 5) is 11.0. The van der Waals surface area contributed by atoms with Gasteiger partial charge in [-0.15, -0.1) is 0 Å². The van der Waals surface area contributed by atoms with Crippen LogP contribution < -0.4 is 5.73 Å². The molecule has 1 aromatic carbocycles. The molecular formula is C10H9NO2. The van der Waals surface area contributed by atoms with E-state index in [1.54, 1.807) is 12.1 Å². The number of carbonyl (C=O) groups is 1. The van der Waals surface area contributed by atoms with Crippen LogP contribution in [0.1, 0.15) is 16.1 Å². The van der Waals surface area contributed by atoms with Crippen molar-refractivity contribution in [3.63, 3.8) is 0 Å². The van der Waals surface area contributed by atoms with Crippen molar-refractivity contribution in [3.8, 4) is 0 Å². The van der Waals surface area contributed by atoms with E-state index in [0.29, 0.717) is 11.1 Å². The first-order chi connectivity index (χ1) is 6.18. The monoisotopic (exact) mass is 175 g/mol. The van der Waals surface area contributed by atoms with Crippen molar-refractivity contribution in [3.05, 3.63) is 35.6 Å². The number of benzene rings is 1. The smallest absolute Gasteiger partial charge is 0.249 e. The molecule has 0 saturated carbocycles. The van der Waals surface area contributed by atoms with E-state index in [0.717, 1.165) is 11.1 Å². The molecule has 13 heavy (non-hydrogen) atoms. The van der Waals surface area contributed by atoms with E-state index in [1.807, 2.05) is 19.1 Å². The lowest BCUT2D eigenvalue weighted by Gasteiger charge is -1.94. The zero-order valence-corrected chi connectivity index (χ0v) is 7.20. The van der Waals surface area contributed by atoms with Gasteiger partial charge >= 0.3 is 0 Å². The van der Waals surface area contributed by atoms with Crippen LogP contribution in [0.25, 0.3) is 11.0 Å². The lowest BCUT2D eigenvalue weighted by atomic mass is 10.1. The zero-order valence-electron chi connectivity index (χ0n) is 7.20. The number of nitrogens with two attached hydrogens (primary N) is 1. The van der Waals surface area contributed by atoms with Gasteiger partial charge in [0, 0.05) is 5.39 Å². The summed E-state index contributed by atoms with van der Waals surface area (Å²) >= 11 is 0. The van der Waals surface area contributed by atoms with Crippen LogP contribution in [0.4, 0.5) is 0 Å². The number of carbonyl (C=O) groups excluding carboxylic acids is 1. The summed E-state index contributed by atoms with van der Waals surface area (Å²) < 4.78 is 5.35. The second-order valence-corrected chi connectivity index (χ2v) is 2.94. The van der Waals surface area contributed by atoms with Gasteiger partial charge in [0.25, 0.3) is 0 Å². The van der Waals surface area contributed by atoms with Crippen LogP contribution in [0.15, 0.2) is 28.7 Å². The van der Waals surface area contributed by atoms with Crippen molar-refractivity contribution < 1.29 is 9.21 Å². The van der Waals surface area contributed by atoms with Gasteiger partial charge in [-0.3, -0.25) is 4.79 Å². The molecule has 1 aromatic heterocycles. The molecular weight excluding hydrogens is 166 g/mol. The predicted molar refractivity (Wildman–Crippen MR) is 49.5 cm³/mol. The Balaban J connectivity index is 2.82. The minimum atomic E-state index is -0.425. The molecule has 66 valence electrons. The Morgan fingerprint density at radius 3 is 2.92 bits per heavy atom. The molecule has 3 nitrogen and oxygen atoms in total. The van der Waals surface area contributed by atoms with Crippen molar-refractivity contribution in [2.75, 3.05) is 0 Å². The van der Waals surface area contributed by atoms with Gasteiger partial charge in [0.05, 0.1) is 5.56 Å². The highest BCUT2D eigenvalue weighted by atomic mass is 16.3. The molecule has 0 fully saturated rings. The van der Waals surface area contributed by atoms with Crippen molar-refractivity contribution in [1.29, 1.82) is 0 Å². The van der Waals surface area contributed by atoms with E-state index in [-0.39, 0.29) is 0 Å². The van der Waals surface area contributed by atoms with Crippen LogP contribution >= 0.6 is 0 Å². The summed E-state index contributed by atoms with van der Waals surface area (Å²) in [5, 5.41) is 0.785. The fraction of sp³-hybridized carbons (Fsp3) is 0.100. The quantitative estimate of drug-likeness (QED) is 0.718. The number of hydrogen-bond donors (Lipinski definition) is 1. The first-order valence-electron chi connectivity index (χ1n) is 3.97. The Bertz CT molecular complexity index is 471. The van der Waals surface area contributed by atoms with Crippen LogP contribution in [-0.4, -0.2) is 5.91 Å². The van der Waals surface area contributed by atoms with Crippen LogP contribution in [0.5, 0.6) is 0 Å². The normalized spacial score (nSPS) is 10.5. The summed E-state index contributed by atoms with van der Waals surface area (Å²) in [5.74, 6) is 0.357. The highest BCUT2D eigenvalue weighted by Crippen LogP contribution is 2.21. The number of rotatable bonds is 1. The Morgan fingerprint density at radius 1 is 1.46 bits per heavy atom. The van der Waals surface area contributed by atoms with Crippen LogP contribution in [0.2, 0.25) is 0 Å². The molecule has 0 aliphatic rings. The van der Waals surface area contributed by atoms with Gasteiger partial charge in [-0.05, 0) is 25.1 Å². The van der Waals surface area contributed by atoms with E-state index < -0.39 is 5.91 Å². The summed E-state index contributed by atoms with van der Waals surface area (Å²) in [6.45, 7) is 1.84. The van der Waals surface area contributed by atoms with E-state index in [2.05, 4.69) is 0 Å². The van der Waals surface area contributed by atoms with E-state index in [4.69, 9.17) is 10.2 Å². The molecule has 2 rings (SSSR count). The average Bonchev–Trinajstić information content (AvgIpc) is 2.43. The molecule has 0 aliphatic heterocycles. The Hall–Kier alpha value is -1.77. The molecule has 0 spiro atoms. The number of primary amides is 1. The number of fused-ring (bicyclic) bond motifs is 1. The summed E-state index contributed by atoms with van der Waals surface area (Å²) in [5.41, 5.74) is 6.42. The molecule has 1 amide bonds. The van der Waals surface area contributed by atoms with Gasteiger partial charge in [-0.1, -0.05) is 6.07 Å². The number of furan rings is 1. The minimum absolute atomic E-state index is 0.425. The number of aryl methyl sites for hydroxylation is 1. The Morgan fingerprint density at radius 2 is 2.23 bits per heavy atom. The van der Waals surface area contributed by atoms with Crippen LogP contribution in [0, 0.1) is 6.92 Å². The number of amides is 1. The molecule has 3 heteroatoms. The second kappa shape index (κ2) is 2.62. The van der Waals surface area contributed by atoms with Crippen LogP contribution in [0.3, 0.4) is 0 Å². The van der Waals surface area contributed by atoms with Gasteiger partial charge in [0.15, 0.2) is 0 Å². The molecule has 0 saturated heterocycles. The molecule has 0 aliphatic carbocycles. The highest BCUT2D eigenvalue weighted by Gasteiger charge is 2.08. The van der Waals surface area contributed by atoms with Crippen molar-refractivity contribution in [2.24, 2.45) is 5.73 Å². The van der Waals surface area contributed by atoms with Gasteiger partial charge in [0.2, 0.25) is 5.91 Å². The molecule has 0 bridgehead atoms. The largest absolute Gasteiger partial charge is 0.461 e. The third-order valence-corrected chi connectivity index (χ3v) is 1.95. The van der Waals surface area contributed by atoms with E-state index >= 15 is 0 Å². The Labute approximate surface area is 75.1 Å². The summed E-state index contributed by atoms with van der Waals surface area (Å²) in [7, 11) is 0. The lowest BCUT2D eigenvalue weighted by Crippen LogP contribution is -2.10. The Kier molecular flexibility index (Phi) is 1.59. The van der Waals surface area contributed by atoms with Crippen molar-refractivity contribution >= 4 is 16.9 Å². The SMILES string of the molecule is Cc1cc2c(C(N)=O)cccc2o1. The third kappa shape index (κ3) is 1.18. The van der Waals surface area contributed by atoms with Gasteiger partial charge in [0.1, 0.15) is 11.3 Å². The fourth-order valence-electron chi connectivity index (χ4n) is 1.40. The van der Waals surface area contributed by atoms with Gasteiger partial charge in [-0.2, -0.15) is 0 Å². The highest BCUT2D eigenvalue weighted by molar-refractivity contribution is 6.05. The molecule has 0 radical (unpaired) electrons. The van der Waals surface area contributed by atoms with Gasteiger partial charge in [-0.25, -0.2) is 0 Å². The van der Waals surface area contributed by atoms with Gasteiger partial charge < -0.3 is 10.2 Å². The fourth-order valence-corrected chi connectivity index (χ4v) is 1.40. The first kappa shape index (κ1) is 7.86. The minimum Gasteiger partial charge on any atom is -0.461 e. The summed E-state index contributed by atoms with van der Waals surface area (Å²) in [6, 6.07) is 7.08. The van der Waals surface area contributed by atoms with Crippen molar-refractivity contribution in [1.82, 2.24) is 0 Å². The molecule has 1 heterocycles. The maximum atomic E-state index is 11.0.